The maximum absolute atomic E-state index is 13.2. The number of benzene rings is 2. The average Bonchev–Trinajstić information content (AvgIpc) is 2.93. The van der Waals surface area contributed by atoms with Crippen LogP contribution in [0.4, 0.5) is 4.39 Å². The van der Waals surface area contributed by atoms with Gasteiger partial charge in [0.2, 0.25) is 0 Å². The van der Waals surface area contributed by atoms with E-state index in [2.05, 4.69) is 29.3 Å². The highest BCUT2D eigenvalue weighted by molar-refractivity contribution is 6.32. The van der Waals surface area contributed by atoms with Crippen LogP contribution < -0.4 is 0 Å². The number of hydrogen-bond donors (Lipinski definition) is 1. The Hall–Kier alpha value is -2.13. The van der Waals surface area contributed by atoms with E-state index in [9.17, 15) is 4.39 Å². The molecule has 0 atom stereocenters. The third-order valence-electron chi connectivity index (χ3n) is 3.38. The van der Waals surface area contributed by atoms with E-state index < -0.39 is 0 Å². The van der Waals surface area contributed by atoms with Crippen LogP contribution in [-0.2, 0) is 0 Å². The molecule has 1 heterocycles. The fourth-order valence-electron chi connectivity index (χ4n) is 2.41. The van der Waals surface area contributed by atoms with Crippen molar-refractivity contribution in [3.8, 4) is 0 Å². The molecule has 1 aromatic heterocycles. The molecule has 0 bridgehead atoms. The second-order valence-electron chi connectivity index (χ2n) is 4.82. The first-order valence-electron chi connectivity index (χ1n) is 6.78. The minimum Gasteiger partial charge on any atom is -0.278 e. The fraction of sp³-hybridized carbons (Fsp3) is 0.118. The zero-order chi connectivity index (χ0) is 14.8. The summed E-state index contributed by atoms with van der Waals surface area (Å²) in [6.07, 6.45) is 4.75. The molecule has 0 spiro atoms. The second kappa shape index (κ2) is 5.70. The Bertz CT molecular complexity index is 821. The van der Waals surface area contributed by atoms with Crippen molar-refractivity contribution in [2.24, 2.45) is 0 Å². The van der Waals surface area contributed by atoms with E-state index >= 15 is 0 Å². The number of nitrogens with one attached hydrogen (secondary N) is 1. The van der Waals surface area contributed by atoms with Gasteiger partial charge in [0.05, 0.1) is 16.7 Å². The van der Waals surface area contributed by atoms with Crippen molar-refractivity contribution >= 4 is 28.1 Å². The van der Waals surface area contributed by atoms with Gasteiger partial charge in [-0.15, -0.1) is 0 Å². The van der Waals surface area contributed by atoms with Crippen molar-refractivity contribution in [2.45, 2.75) is 13.3 Å². The Morgan fingerprint density at radius 2 is 2.14 bits per heavy atom. The molecule has 0 saturated heterocycles. The molecular weight excluding hydrogens is 287 g/mol. The highest BCUT2D eigenvalue weighted by Gasteiger charge is 2.10. The molecule has 3 aromatic rings. The number of fused-ring (bicyclic) bond motifs is 1. The van der Waals surface area contributed by atoms with Crippen LogP contribution in [-0.4, -0.2) is 10.2 Å². The Kier molecular flexibility index (Phi) is 3.76. The molecule has 0 saturated carbocycles. The summed E-state index contributed by atoms with van der Waals surface area (Å²) in [6, 6.07) is 10.6. The maximum atomic E-state index is 13.2. The maximum Gasteiger partial charge on any atom is 0.124 e. The fourth-order valence-corrected chi connectivity index (χ4v) is 2.67. The quantitative estimate of drug-likeness (QED) is 0.708. The van der Waals surface area contributed by atoms with E-state index in [1.165, 1.54) is 12.1 Å². The molecule has 2 nitrogen and oxygen atoms in total. The molecule has 0 amide bonds. The van der Waals surface area contributed by atoms with Crippen molar-refractivity contribution in [1.82, 2.24) is 10.2 Å². The third-order valence-corrected chi connectivity index (χ3v) is 3.69. The van der Waals surface area contributed by atoms with Crippen molar-refractivity contribution in [2.75, 3.05) is 0 Å². The van der Waals surface area contributed by atoms with Gasteiger partial charge in [0.15, 0.2) is 0 Å². The molecule has 3 rings (SSSR count). The van der Waals surface area contributed by atoms with E-state index in [0.29, 0.717) is 5.02 Å². The van der Waals surface area contributed by atoms with E-state index in [-0.39, 0.29) is 5.82 Å². The lowest BCUT2D eigenvalue weighted by atomic mass is 9.96. The van der Waals surface area contributed by atoms with Crippen LogP contribution in [0.1, 0.15) is 24.5 Å². The lowest BCUT2D eigenvalue weighted by Crippen LogP contribution is -1.91. The molecule has 0 fully saturated rings. The SMILES string of the molecule is CC/C=C(\c1ccc2[nH]ncc2c1)c1ccc(F)cc1Cl. The van der Waals surface area contributed by atoms with Gasteiger partial charge in [-0.2, -0.15) is 5.10 Å². The molecule has 4 heteroatoms. The first-order valence-corrected chi connectivity index (χ1v) is 7.16. The summed E-state index contributed by atoms with van der Waals surface area (Å²) in [7, 11) is 0. The van der Waals surface area contributed by atoms with Crippen molar-refractivity contribution in [3.05, 3.63) is 70.6 Å². The van der Waals surface area contributed by atoms with Gasteiger partial charge < -0.3 is 0 Å². The number of allylic oxidation sites excluding steroid dienone is 1. The lowest BCUT2D eigenvalue weighted by molar-refractivity contribution is 0.628. The van der Waals surface area contributed by atoms with E-state index in [0.717, 1.165) is 34.0 Å². The summed E-state index contributed by atoms with van der Waals surface area (Å²) in [5.41, 5.74) is 3.87. The van der Waals surface area contributed by atoms with Crippen LogP contribution in [0.15, 0.2) is 48.7 Å². The minimum absolute atomic E-state index is 0.329. The van der Waals surface area contributed by atoms with Gasteiger partial charge >= 0.3 is 0 Å². The van der Waals surface area contributed by atoms with E-state index in [1.807, 2.05) is 12.1 Å². The predicted octanol–water partition coefficient (Wildman–Crippen LogP) is 5.20. The monoisotopic (exact) mass is 300 g/mol. The topological polar surface area (TPSA) is 28.7 Å². The number of rotatable bonds is 3. The summed E-state index contributed by atoms with van der Waals surface area (Å²) >= 11 is 6.21. The molecule has 2 aromatic carbocycles. The largest absolute Gasteiger partial charge is 0.278 e. The molecule has 0 unspecified atom stereocenters. The Labute approximate surface area is 127 Å². The van der Waals surface area contributed by atoms with Gasteiger partial charge in [-0.3, -0.25) is 5.10 Å². The molecule has 0 radical (unpaired) electrons. The van der Waals surface area contributed by atoms with Gasteiger partial charge in [0.25, 0.3) is 0 Å². The van der Waals surface area contributed by atoms with Crippen molar-refractivity contribution in [1.29, 1.82) is 0 Å². The van der Waals surface area contributed by atoms with E-state index in [1.54, 1.807) is 12.3 Å². The number of aromatic nitrogens is 2. The smallest absolute Gasteiger partial charge is 0.124 e. The number of halogens is 2. The zero-order valence-electron chi connectivity index (χ0n) is 11.5. The number of hydrogen-bond acceptors (Lipinski definition) is 1. The molecule has 1 N–H and O–H groups in total. The highest BCUT2D eigenvalue weighted by atomic mass is 35.5. The van der Waals surface area contributed by atoms with Crippen LogP contribution in [0, 0.1) is 5.82 Å². The first kappa shape index (κ1) is 13.8. The normalized spacial score (nSPS) is 12.0. The Morgan fingerprint density at radius 3 is 2.90 bits per heavy atom. The molecule has 0 aliphatic heterocycles. The van der Waals surface area contributed by atoms with Gasteiger partial charge in [-0.05, 0) is 47.9 Å². The average molecular weight is 301 g/mol. The van der Waals surface area contributed by atoms with Gasteiger partial charge in [-0.25, -0.2) is 4.39 Å². The second-order valence-corrected chi connectivity index (χ2v) is 5.23. The van der Waals surface area contributed by atoms with E-state index in [4.69, 9.17) is 11.6 Å². The summed E-state index contributed by atoms with van der Waals surface area (Å²) < 4.78 is 13.2. The van der Waals surface area contributed by atoms with Gasteiger partial charge in [0, 0.05) is 10.9 Å². The number of aromatic amines is 1. The van der Waals surface area contributed by atoms with Crippen LogP contribution >= 0.6 is 11.6 Å². The standard InChI is InChI=1S/C17H14ClFN2/c1-2-3-14(15-6-5-13(19)9-16(15)18)11-4-7-17-12(8-11)10-20-21-17/h3-10H,2H2,1H3,(H,20,21)/b14-3+. The summed E-state index contributed by atoms with van der Waals surface area (Å²) in [5.74, 6) is -0.329. The molecule has 106 valence electrons. The third kappa shape index (κ3) is 2.69. The number of H-pyrrole nitrogens is 1. The molecule has 21 heavy (non-hydrogen) atoms. The Balaban J connectivity index is 2.15. The van der Waals surface area contributed by atoms with Crippen LogP contribution in [0.25, 0.3) is 16.5 Å². The van der Waals surface area contributed by atoms with Crippen molar-refractivity contribution < 1.29 is 4.39 Å². The zero-order valence-corrected chi connectivity index (χ0v) is 12.3. The molecule has 0 aliphatic rings. The first-order chi connectivity index (χ1) is 10.2. The van der Waals surface area contributed by atoms with Crippen LogP contribution in [0.2, 0.25) is 5.02 Å². The minimum atomic E-state index is -0.329. The number of nitrogens with zero attached hydrogens (tertiary/aromatic N) is 1. The summed E-state index contributed by atoms with van der Waals surface area (Å²) in [5, 5.41) is 8.41. The summed E-state index contributed by atoms with van der Waals surface area (Å²) in [4.78, 5) is 0. The lowest BCUT2D eigenvalue weighted by Gasteiger charge is -2.11. The predicted molar refractivity (Wildman–Crippen MR) is 84.9 cm³/mol. The van der Waals surface area contributed by atoms with Crippen molar-refractivity contribution in [3.63, 3.8) is 0 Å². The highest BCUT2D eigenvalue weighted by Crippen LogP contribution is 2.31. The van der Waals surface area contributed by atoms with Crippen LogP contribution in [0.3, 0.4) is 0 Å². The Morgan fingerprint density at radius 1 is 1.29 bits per heavy atom. The molecular formula is C17H14ClFN2. The van der Waals surface area contributed by atoms with Gasteiger partial charge in [0.1, 0.15) is 5.82 Å². The summed E-state index contributed by atoms with van der Waals surface area (Å²) in [6.45, 7) is 2.06. The van der Waals surface area contributed by atoms with Gasteiger partial charge in [-0.1, -0.05) is 30.7 Å². The molecule has 0 aliphatic carbocycles. The van der Waals surface area contributed by atoms with Crippen LogP contribution in [0.5, 0.6) is 0 Å².